The maximum Gasteiger partial charge on any atom is 0.313 e. The number of hydrogen-bond acceptors (Lipinski definition) is 3. The molecule has 0 aliphatic carbocycles. The quantitative estimate of drug-likeness (QED) is 0.750. The fourth-order valence-electron chi connectivity index (χ4n) is 2.10. The Labute approximate surface area is 109 Å². The zero-order chi connectivity index (χ0) is 13.7. The molecule has 0 aliphatic heterocycles. The third kappa shape index (κ3) is 3.03. The van der Waals surface area contributed by atoms with E-state index in [9.17, 15) is 4.79 Å². The predicted octanol–water partition coefficient (Wildman–Crippen LogP) is 3.49. The van der Waals surface area contributed by atoms with Gasteiger partial charge in [-0.2, -0.15) is 0 Å². The second kappa shape index (κ2) is 6.43. The number of methoxy groups -OCH3 is 2. The summed E-state index contributed by atoms with van der Waals surface area (Å²) in [6.45, 7) is 6.21. The normalized spacial score (nSPS) is 12.3. The van der Waals surface area contributed by atoms with Crippen molar-refractivity contribution in [2.75, 3.05) is 14.2 Å². The Bertz CT molecular complexity index is 410. The number of rotatable bonds is 5. The third-order valence-corrected chi connectivity index (χ3v) is 3.17. The van der Waals surface area contributed by atoms with Crippen LogP contribution in [-0.2, 0) is 9.53 Å². The van der Waals surface area contributed by atoms with Gasteiger partial charge in [-0.05, 0) is 29.5 Å². The van der Waals surface area contributed by atoms with Gasteiger partial charge in [0.2, 0.25) is 0 Å². The van der Waals surface area contributed by atoms with E-state index in [1.807, 2.05) is 19.1 Å². The molecule has 1 aromatic carbocycles. The number of hydrogen-bond donors (Lipinski definition) is 0. The Morgan fingerprint density at radius 1 is 1.28 bits per heavy atom. The second-order valence-electron chi connectivity index (χ2n) is 4.64. The van der Waals surface area contributed by atoms with Crippen molar-refractivity contribution < 1.29 is 14.3 Å². The van der Waals surface area contributed by atoms with Crippen LogP contribution in [-0.4, -0.2) is 20.2 Å². The van der Waals surface area contributed by atoms with Crippen molar-refractivity contribution in [3.05, 3.63) is 29.3 Å². The highest BCUT2D eigenvalue weighted by atomic mass is 16.5. The summed E-state index contributed by atoms with van der Waals surface area (Å²) in [6.07, 6.45) is 0.733. The number of carbonyl (C=O) groups excluding carboxylic acids is 1. The van der Waals surface area contributed by atoms with E-state index in [4.69, 9.17) is 9.47 Å². The minimum absolute atomic E-state index is 0.183. The van der Waals surface area contributed by atoms with Crippen molar-refractivity contribution in [2.24, 2.45) is 0 Å². The van der Waals surface area contributed by atoms with Gasteiger partial charge in [0.25, 0.3) is 0 Å². The van der Waals surface area contributed by atoms with Crippen LogP contribution in [0.3, 0.4) is 0 Å². The van der Waals surface area contributed by atoms with Crippen LogP contribution in [0.1, 0.15) is 50.2 Å². The van der Waals surface area contributed by atoms with Crippen molar-refractivity contribution in [3.8, 4) is 5.75 Å². The molecule has 3 nitrogen and oxygen atoms in total. The fourth-order valence-corrected chi connectivity index (χ4v) is 2.10. The van der Waals surface area contributed by atoms with Crippen LogP contribution >= 0.6 is 0 Å². The van der Waals surface area contributed by atoms with Crippen LogP contribution in [0.2, 0.25) is 0 Å². The molecule has 0 spiro atoms. The Morgan fingerprint density at radius 3 is 2.39 bits per heavy atom. The highest BCUT2D eigenvalue weighted by Crippen LogP contribution is 2.31. The first-order chi connectivity index (χ1) is 8.54. The summed E-state index contributed by atoms with van der Waals surface area (Å²) in [7, 11) is 3.09. The molecule has 0 bridgehead atoms. The average Bonchev–Trinajstić information content (AvgIpc) is 2.39. The van der Waals surface area contributed by atoms with E-state index in [2.05, 4.69) is 19.9 Å². The van der Waals surface area contributed by atoms with E-state index >= 15 is 0 Å². The van der Waals surface area contributed by atoms with Crippen molar-refractivity contribution in [2.45, 2.75) is 39.0 Å². The first kappa shape index (κ1) is 14.6. The topological polar surface area (TPSA) is 35.5 Å². The monoisotopic (exact) mass is 250 g/mol. The first-order valence-corrected chi connectivity index (χ1v) is 6.30. The Morgan fingerprint density at radius 2 is 1.94 bits per heavy atom. The molecule has 3 heteroatoms. The second-order valence-corrected chi connectivity index (χ2v) is 4.64. The minimum Gasteiger partial charge on any atom is -0.496 e. The molecule has 0 aromatic heterocycles. The van der Waals surface area contributed by atoms with Gasteiger partial charge >= 0.3 is 5.97 Å². The van der Waals surface area contributed by atoms with E-state index < -0.39 is 0 Å². The van der Waals surface area contributed by atoms with Gasteiger partial charge in [0, 0.05) is 0 Å². The van der Waals surface area contributed by atoms with Gasteiger partial charge < -0.3 is 9.47 Å². The molecule has 0 aliphatic rings. The Kier molecular flexibility index (Phi) is 5.20. The van der Waals surface area contributed by atoms with Gasteiger partial charge in [-0.1, -0.05) is 32.9 Å². The van der Waals surface area contributed by atoms with Crippen LogP contribution in [0.5, 0.6) is 5.75 Å². The number of ether oxygens (including phenoxy) is 2. The Hall–Kier alpha value is -1.51. The smallest absolute Gasteiger partial charge is 0.313 e. The molecule has 0 amide bonds. The molecule has 1 aromatic rings. The van der Waals surface area contributed by atoms with Crippen molar-refractivity contribution in [1.29, 1.82) is 0 Å². The van der Waals surface area contributed by atoms with E-state index in [0.717, 1.165) is 23.3 Å². The van der Waals surface area contributed by atoms with E-state index in [-0.39, 0.29) is 11.9 Å². The summed E-state index contributed by atoms with van der Waals surface area (Å²) in [4.78, 5) is 11.7. The number of benzene rings is 1. The van der Waals surface area contributed by atoms with Gasteiger partial charge in [0.15, 0.2) is 0 Å². The van der Waals surface area contributed by atoms with Crippen molar-refractivity contribution in [3.63, 3.8) is 0 Å². The van der Waals surface area contributed by atoms with Crippen LogP contribution < -0.4 is 4.74 Å². The maximum atomic E-state index is 11.7. The molecule has 0 radical (unpaired) electrons. The zero-order valence-corrected chi connectivity index (χ0v) is 11.8. The summed E-state index contributed by atoms with van der Waals surface area (Å²) < 4.78 is 10.2. The molecule has 18 heavy (non-hydrogen) atoms. The molecule has 1 unspecified atom stereocenters. The fraction of sp³-hybridized carbons (Fsp3) is 0.533. The molecule has 1 atom stereocenters. The first-order valence-electron chi connectivity index (χ1n) is 6.30. The van der Waals surface area contributed by atoms with E-state index in [1.54, 1.807) is 7.11 Å². The van der Waals surface area contributed by atoms with Crippen LogP contribution in [0.25, 0.3) is 0 Å². The molecule has 0 N–H and O–H groups in total. The lowest BCUT2D eigenvalue weighted by molar-refractivity contribution is -0.142. The highest BCUT2D eigenvalue weighted by Gasteiger charge is 2.21. The molecule has 0 heterocycles. The lowest BCUT2D eigenvalue weighted by atomic mass is 9.91. The maximum absolute atomic E-state index is 11.7. The molecule has 0 saturated carbocycles. The van der Waals surface area contributed by atoms with Gasteiger partial charge in [0.1, 0.15) is 5.75 Å². The predicted molar refractivity (Wildman–Crippen MR) is 72.1 cm³/mol. The Balaban J connectivity index is 3.17. The van der Waals surface area contributed by atoms with Gasteiger partial charge in [-0.25, -0.2) is 0 Å². The third-order valence-electron chi connectivity index (χ3n) is 3.17. The molecular weight excluding hydrogens is 228 g/mol. The molecule has 100 valence electrons. The average molecular weight is 250 g/mol. The largest absolute Gasteiger partial charge is 0.496 e. The van der Waals surface area contributed by atoms with Crippen molar-refractivity contribution >= 4 is 5.97 Å². The summed E-state index contributed by atoms with van der Waals surface area (Å²) in [5.41, 5.74) is 2.12. The van der Waals surface area contributed by atoms with Gasteiger partial charge in [-0.3, -0.25) is 4.79 Å². The molecule has 1 rings (SSSR count). The SMILES string of the molecule is CCC(C(=O)OC)c1ccc(OC)c(C(C)C)c1. The summed E-state index contributed by atoms with van der Waals surface area (Å²) in [5.74, 6) is 0.847. The van der Waals surface area contributed by atoms with Gasteiger partial charge in [0.05, 0.1) is 20.1 Å². The standard InChI is InChI=1S/C15H22O3/c1-6-12(15(16)18-5)11-7-8-14(17-4)13(9-11)10(2)3/h7-10,12H,6H2,1-5H3. The lowest BCUT2D eigenvalue weighted by Crippen LogP contribution is -2.14. The zero-order valence-electron chi connectivity index (χ0n) is 11.8. The van der Waals surface area contributed by atoms with Crippen molar-refractivity contribution in [1.82, 2.24) is 0 Å². The molecule has 0 saturated heterocycles. The van der Waals surface area contributed by atoms with Gasteiger partial charge in [-0.15, -0.1) is 0 Å². The van der Waals surface area contributed by atoms with Crippen LogP contribution in [0.4, 0.5) is 0 Å². The number of carbonyl (C=O) groups is 1. The number of esters is 1. The van der Waals surface area contributed by atoms with E-state index in [0.29, 0.717) is 5.92 Å². The van der Waals surface area contributed by atoms with Crippen LogP contribution in [0, 0.1) is 0 Å². The minimum atomic E-state index is -0.196. The van der Waals surface area contributed by atoms with E-state index in [1.165, 1.54) is 7.11 Å². The summed E-state index contributed by atoms with van der Waals surface area (Å²) in [6, 6.07) is 5.92. The molecule has 0 fully saturated rings. The molecular formula is C15H22O3. The summed E-state index contributed by atoms with van der Waals surface area (Å²) >= 11 is 0. The highest BCUT2D eigenvalue weighted by molar-refractivity contribution is 5.78. The lowest BCUT2D eigenvalue weighted by Gasteiger charge is -2.17. The summed E-state index contributed by atoms with van der Waals surface area (Å²) in [5, 5.41) is 0. The van der Waals surface area contributed by atoms with Crippen LogP contribution in [0.15, 0.2) is 18.2 Å².